The molecule has 4 nitrogen and oxygen atoms in total. The van der Waals surface area contributed by atoms with E-state index in [1.807, 2.05) is 24.3 Å². The van der Waals surface area contributed by atoms with Crippen LogP contribution in [0, 0.1) is 5.41 Å². The summed E-state index contributed by atoms with van der Waals surface area (Å²) < 4.78 is 5.07. The molecule has 84 valence electrons. The zero-order valence-corrected chi connectivity index (χ0v) is 9.48. The first kappa shape index (κ1) is 10.7. The molecule has 0 atom stereocenters. The van der Waals surface area contributed by atoms with Gasteiger partial charge in [0, 0.05) is 5.56 Å². The third-order valence-electron chi connectivity index (χ3n) is 2.69. The fraction of sp³-hybridized carbons (Fsp3) is 0.333. The van der Waals surface area contributed by atoms with Crippen LogP contribution in [-0.4, -0.2) is 18.8 Å². The molecule has 2 rings (SSSR count). The summed E-state index contributed by atoms with van der Waals surface area (Å²) in [6.45, 7) is 3.59. The number of methoxy groups -OCH3 is 1. The van der Waals surface area contributed by atoms with Crippen molar-refractivity contribution in [1.29, 1.82) is 0 Å². The average Bonchev–Trinajstić information content (AvgIpc) is 2.54. The zero-order valence-electron chi connectivity index (χ0n) is 9.48. The van der Waals surface area contributed by atoms with Gasteiger partial charge in [-0.1, -0.05) is 5.16 Å². The number of hydrogen-bond acceptors (Lipinski definition) is 4. The van der Waals surface area contributed by atoms with E-state index < -0.39 is 5.41 Å². The molecule has 0 N–H and O–H groups in total. The van der Waals surface area contributed by atoms with E-state index in [1.54, 1.807) is 21.0 Å². The molecule has 0 fully saturated rings. The molecule has 0 spiro atoms. The second-order valence-electron chi connectivity index (χ2n) is 4.17. The summed E-state index contributed by atoms with van der Waals surface area (Å²) in [4.78, 5) is 16.2. The summed E-state index contributed by atoms with van der Waals surface area (Å²) in [5.41, 5.74) is 0.839. The number of carbonyl (C=O) groups is 1. The maximum atomic E-state index is 11.4. The van der Waals surface area contributed by atoms with Crippen molar-refractivity contribution in [3.8, 4) is 5.75 Å². The maximum Gasteiger partial charge on any atom is 0.346 e. The molecule has 1 aromatic rings. The molecule has 16 heavy (non-hydrogen) atoms. The number of carbonyl (C=O) groups excluding carboxylic acids is 1. The molecule has 4 heteroatoms. The van der Waals surface area contributed by atoms with Gasteiger partial charge in [-0.25, -0.2) is 4.79 Å². The Kier molecular flexibility index (Phi) is 2.42. The van der Waals surface area contributed by atoms with Gasteiger partial charge in [-0.15, -0.1) is 0 Å². The van der Waals surface area contributed by atoms with Crippen molar-refractivity contribution in [3.63, 3.8) is 0 Å². The van der Waals surface area contributed by atoms with Crippen molar-refractivity contribution in [2.45, 2.75) is 13.8 Å². The van der Waals surface area contributed by atoms with Gasteiger partial charge < -0.3 is 9.57 Å². The van der Waals surface area contributed by atoms with Gasteiger partial charge in [-0.3, -0.25) is 0 Å². The molecule has 0 aromatic heterocycles. The van der Waals surface area contributed by atoms with Crippen LogP contribution in [0.15, 0.2) is 29.4 Å². The van der Waals surface area contributed by atoms with E-state index in [0.29, 0.717) is 5.71 Å². The lowest BCUT2D eigenvalue weighted by Crippen LogP contribution is -2.28. The van der Waals surface area contributed by atoms with Crippen LogP contribution in [0.1, 0.15) is 19.4 Å². The lowest BCUT2D eigenvalue weighted by molar-refractivity contribution is -0.146. The van der Waals surface area contributed by atoms with Crippen LogP contribution in [0.3, 0.4) is 0 Å². The third kappa shape index (κ3) is 1.56. The highest BCUT2D eigenvalue weighted by molar-refractivity contribution is 6.17. The Morgan fingerprint density at radius 2 is 1.88 bits per heavy atom. The van der Waals surface area contributed by atoms with Gasteiger partial charge in [0.2, 0.25) is 0 Å². The van der Waals surface area contributed by atoms with E-state index in [1.165, 1.54) is 0 Å². The van der Waals surface area contributed by atoms with Gasteiger partial charge in [-0.05, 0) is 38.1 Å². The number of rotatable bonds is 2. The number of nitrogens with zero attached hydrogens (tertiary/aromatic N) is 1. The fourth-order valence-corrected chi connectivity index (χ4v) is 1.57. The Hall–Kier alpha value is -1.84. The summed E-state index contributed by atoms with van der Waals surface area (Å²) >= 11 is 0. The predicted molar refractivity (Wildman–Crippen MR) is 59.4 cm³/mol. The molecule has 1 aromatic carbocycles. The number of ether oxygens (including phenoxy) is 1. The first-order valence-corrected chi connectivity index (χ1v) is 5.00. The van der Waals surface area contributed by atoms with Crippen molar-refractivity contribution in [2.24, 2.45) is 10.6 Å². The molecule has 0 amide bonds. The van der Waals surface area contributed by atoms with Crippen LogP contribution in [0.25, 0.3) is 0 Å². The fourth-order valence-electron chi connectivity index (χ4n) is 1.57. The molecule has 0 unspecified atom stereocenters. The minimum Gasteiger partial charge on any atom is -0.497 e. The van der Waals surface area contributed by atoms with Crippen LogP contribution >= 0.6 is 0 Å². The third-order valence-corrected chi connectivity index (χ3v) is 2.69. The average molecular weight is 219 g/mol. The van der Waals surface area contributed by atoms with Gasteiger partial charge in [0.1, 0.15) is 16.9 Å². The Morgan fingerprint density at radius 1 is 1.25 bits per heavy atom. The molecule has 0 radical (unpaired) electrons. The van der Waals surface area contributed by atoms with E-state index in [-0.39, 0.29) is 5.97 Å². The molecule has 0 bridgehead atoms. The highest BCUT2D eigenvalue weighted by Gasteiger charge is 2.41. The lowest BCUT2D eigenvalue weighted by Gasteiger charge is -2.14. The normalized spacial score (nSPS) is 17.9. The number of benzene rings is 1. The Labute approximate surface area is 93.9 Å². The highest BCUT2D eigenvalue weighted by Crippen LogP contribution is 2.30. The van der Waals surface area contributed by atoms with Crippen molar-refractivity contribution in [2.75, 3.05) is 7.11 Å². The van der Waals surface area contributed by atoms with E-state index in [4.69, 9.17) is 9.57 Å². The Bertz CT molecular complexity index is 446. The summed E-state index contributed by atoms with van der Waals surface area (Å²) in [5, 5.41) is 3.82. The van der Waals surface area contributed by atoms with E-state index >= 15 is 0 Å². The molecule has 1 heterocycles. The molecule has 1 aliphatic heterocycles. The van der Waals surface area contributed by atoms with E-state index in [2.05, 4.69) is 5.16 Å². The maximum absolute atomic E-state index is 11.4. The zero-order chi connectivity index (χ0) is 11.8. The van der Waals surface area contributed by atoms with Crippen molar-refractivity contribution in [3.05, 3.63) is 29.8 Å². The Morgan fingerprint density at radius 3 is 2.31 bits per heavy atom. The van der Waals surface area contributed by atoms with Gasteiger partial charge in [0.05, 0.1) is 7.11 Å². The van der Waals surface area contributed by atoms with E-state index in [0.717, 1.165) is 11.3 Å². The molecule has 0 saturated heterocycles. The standard InChI is InChI=1S/C12H13NO3/c1-12(2)10(13-16-11(12)14)8-4-6-9(15-3)7-5-8/h4-7H,1-3H3. The van der Waals surface area contributed by atoms with E-state index in [9.17, 15) is 4.79 Å². The summed E-state index contributed by atoms with van der Waals surface area (Å²) in [6, 6.07) is 7.39. The van der Waals surface area contributed by atoms with Gasteiger partial charge in [0.15, 0.2) is 0 Å². The number of oxime groups is 1. The van der Waals surface area contributed by atoms with Crippen molar-refractivity contribution < 1.29 is 14.4 Å². The van der Waals surface area contributed by atoms with Crippen LogP contribution in [0.4, 0.5) is 0 Å². The van der Waals surface area contributed by atoms with Crippen LogP contribution in [-0.2, 0) is 9.63 Å². The monoisotopic (exact) mass is 219 g/mol. The molecular formula is C12H13NO3. The summed E-state index contributed by atoms with van der Waals surface area (Å²) in [6.07, 6.45) is 0. The predicted octanol–water partition coefficient (Wildman–Crippen LogP) is 1.98. The first-order chi connectivity index (χ1) is 7.55. The second kappa shape index (κ2) is 3.63. The Balaban J connectivity index is 2.35. The van der Waals surface area contributed by atoms with Gasteiger partial charge in [0.25, 0.3) is 0 Å². The topological polar surface area (TPSA) is 47.9 Å². The molecule has 0 saturated carbocycles. The van der Waals surface area contributed by atoms with Crippen molar-refractivity contribution >= 4 is 11.7 Å². The van der Waals surface area contributed by atoms with Crippen molar-refractivity contribution in [1.82, 2.24) is 0 Å². The number of hydrogen-bond donors (Lipinski definition) is 0. The lowest BCUT2D eigenvalue weighted by atomic mass is 9.84. The van der Waals surface area contributed by atoms with Gasteiger partial charge >= 0.3 is 5.97 Å². The first-order valence-electron chi connectivity index (χ1n) is 5.00. The quantitative estimate of drug-likeness (QED) is 0.714. The summed E-state index contributed by atoms with van der Waals surface area (Å²) in [5.74, 6) is 0.450. The molecular weight excluding hydrogens is 206 g/mol. The highest BCUT2D eigenvalue weighted by atomic mass is 16.7. The minimum absolute atomic E-state index is 0.321. The van der Waals surface area contributed by atoms with Crippen LogP contribution in [0.2, 0.25) is 0 Å². The van der Waals surface area contributed by atoms with Crippen LogP contribution in [0.5, 0.6) is 5.75 Å². The smallest absolute Gasteiger partial charge is 0.346 e. The largest absolute Gasteiger partial charge is 0.497 e. The second-order valence-corrected chi connectivity index (χ2v) is 4.17. The van der Waals surface area contributed by atoms with Crippen LogP contribution < -0.4 is 4.74 Å². The SMILES string of the molecule is COc1ccc(C2=NOC(=O)C2(C)C)cc1. The summed E-state index contributed by atoms with van der Waals surface area (Å²) in [7, 11) is 1.61. The van der Waals surface area contributed by atoms with Gasteiger partial charge in [-0.2, -0.15) is 0 Å². The minimum atomic E-state index is -0.686. The molecule has 0 aliphatic carbocycles. The molecule has 1 aliphatic rings.